The molecule has 3 rings (SSSR count). The second kappa shape index (κ2) is 6.52. The van der Waals surface area contributed by atoms with Gasteiger partial charge in [0.15, 0.2) is 0 Å². The lowest BCUT2D eigenvalue weighted by atomic mass is 10.1. The first-order valence-corrected chi connectivity index (χ1v) is 8.23. The lowest BCUT2D eigenvalue weighted by molar-refractivity contribution is 0.0911. The Balaban J connectivity index is 1.69. The van der Waals surface area contributed by atoms with Crippen LogP contribution in [0.25, 0.3) is 10.2 Å². The van der Waals surface area contributed by atoms with Crippen LogP contribution in [0.1, 0.15) is 11.1 Å². The third kappa shape index (κ3) is 3.43. The lowest BCUT2D eigenvalue weighted by Crippen LogP contribution is -2.30. The van der Waals surface area contributed by atoms with E-state index in [0.29, 0.717) is 10.2 Å². The smallest absolute Gasteiger partial charge is 0.262 e. The van der Waals surface area contributed by atoms with Gasteiger partial charge in [-0.15, -0.1) is 11.3 Å². The Morgan fingerprint density at radius 2 is 2.17 bits per heavy atom. The average Bonchev–Trinajstić information content (AvgIpc) is 3.00. The summed E-state index contributed by atoms with van der Waals surface area (Å²) in [5.41, 5.74) is 1.98. The van der Waals surface area contributed by atoms with E-state index in [9.17, 15) is 9.90 Å². The molecule has 0 saturated heterocycles. The highest BCUT2D eigenvalue weighted by atomic mass is 32.1. The van der Waals surface area contributed by atoms with Gasteiger partial charge in [0.2, 0.25) is 0 Å². The summed E-state index contributed by atoms with van der Waals surface area (Å²) in [6, 6.07) is 7.69. The first-order valence-electron chi connectivity index (χ1n) is 7.35. The molecule has 0 unspecified atom stereocenters. The molecule has 0 aliphatic heterocycles. The number of ether oxygens (including phenoxy) is 1. The Bertz CT molecular complexity index is 885. The number of fused-ring (bicyclic) bond motifs is 1. The predicted molar refractivity (Wildman–Crippen MR) is 91.3 cm³/mol. The van der Waals surface area contributed by atoms with E-state index < -0.39 is 6.10 Å². The maximum atomic E-state index is 12.3. The number of nitrogens with zero attached hydrogens (tertiary/aromatic N) is 2. The summed E-state index contributed by atoms with van der Waals surface area (Å²) in [6.45, 7) is 4.23. The van der Waals surface area contributed by atoms with Crippen molar-refractivity contribution in [3.63, 3.8) is 0 Å². The molecule has 1 atom stereocenters. The van der Waals surface area contributed by atoms with Crippen molar-refractivity contribution in [1.82, 2.24) is 9.55 Å². The molecular formula is C17H18N2O3S. The quantitative estimate of drug-likeness (QED) is 0.781. The Kier molecular flexibility index (Phi) is 4.45. The Hall–Kier alpha value is -2.18. The van der Waals surface area contributed by atoms with Crippen LogP contribution in [0.2, 0.25) is 0 Å². The van der Waals surface area contributed by atoms with Crippen molar-refractivity contribution >= 4 is 21.6 Å². The van der Waals surface area contributed by atoms with Gasteiger partial charge in [0.25, 0.3) is 5.56 Å². The molecule has 0 radical (unpaired) electrons. The summed E-state index contributed by atoms with van der Waals surface area (Å²) in [7, 11) is 0. The van der Waals surface area contributed by atoms with Gasteiger partial charge in [-0.1, -0.05) is 12.1 Å². The molecule has 2 heterocycles. The summed E-state index contributed by atoms with van der Waals surface area (Å²) in [5.74, 6) is 0.753. The Morgan fingerprint density at radius 1 is 1.35 bits per heavy atom. The minimum absolute atomic E-state index is 0.123. The van der Waals surface area contributed by atoms with Crippen LogP contribution in [0.3, 0.4) is 0 Å². The van der Waals surface area contributed by atoms with Crippen LogP contribution in [-0.4, -0.2) is 27.4 Å². The number of hydrogen-bond acceptors (Lipinski definition) is 5. The van der Waals surface area contributed by atoms with Gasteiger partial charge in [-0.3, -0.25) is 9.36 Å². The topological polar surface area (TPSA) is 64.3 Å². The zero-order valence-corrected chi connectivity index (χ0v) is 13.8. The van der Waals surface area contributed by atoms with Gasteiger partial charge in [-0.25, -0.2) is 4.98 Å². The van der Waals surface area contributed by atoms with Crippen molar-refractivity contribution in [3.05, 3.63) is 57.5 Å². The van der Waals surface area contributed by atoms with Gasteiger partial charge in [0.1, 0.15) is 23.3 Å². The molecule has 120 valence electrons. The molecule has 23 heavy (non-hydrogen) atoms. The molecule has 0 aliphatic carbocycles. The fraction of sp³-hybridized carbons (Fsp3) is 0.294. The molecule has 0 fully saturated rings. The third-order valence-electron chi connectivity index (χ3n) is 3.63. The summed E-state index contributed by atoms with van der Waals surface area (Å²) in [6.07, 6.45) is 0.688. The number of aryl methyl sites for hydroxylation is 2. The number of thiophene rings is 1. The van der Waals surface area contributed by atoms with Crippen LogP contribution < -0.4 is 10.3 Å². The molecule has 0 amide bonds. The normalized spacial score (nSPS) is 12.5. The molecule has 1 aromatic carbocycles. The second-order valence-electron chi connectivity index (χ2n) is 5.58. The second-order valence-corrected chi connectivity index (χ2v) is 6.47. The third-order valence-corrected chi connectivity index (χ3v) is 4.45. The van der Waals surface area contributed by atoms with Crippen LogP contribution in [0.4, 0.5) is 0 Å². The standard InChI is InChI=1S/C17H18N2O3S/c1-11-3-4-12(2)15(7-11)22-9-13(20)8-19-10-18-16-14(17(19)21)5-6-23-16/h3-7,10,13,20H,8-9H2,1-2H3/t13-/m1/s1. The van der Waals surface area contributed by atoms with E-state index in [-0.39, 0.29) is 18.7 Å². The van der Waals surface area contributed by atoms with E-state index in [0.717, 1.165) is 16.9 Å². The number of rotatable bonds is 5. The molecule has 2 aromatic heterocycles. The number of aliphatic hydroxyl groups is 1. The van der Waals surface area contributed by atoms with Crippen LogP contribution in [0.5, 0.6) is 5.75 Å². The maximum absolute atomic E-state index is 12.3. The Morgan fingerprint density at radius 3 is 3.00 bits per heavy atom. The van der Waals surface area contributed by atoms with Crippen molar-refractivity contribution in [1.29, 1.82) is 0 Å². The van der Waals surface area contributed by atoms with Crippen LogP contribution in [0.15, 0.2) is 40.8 Å². The summed E-state index contributed by atoms with van der Waals surface area (Å²) in [5, 5.41) is 12.6. The predicted octanol–water partition coefficient (Wildman–Crippen LogP) is 2.51. The van der Waals surface area contributed by atoms with E-state index >= 15 is 0 Å². The van der Waals surface area contributed by atoms with Gasteiger partial charge in [0.05, 0.1) is 18.3 Å². The molecule has 0 bridgehead atoms. The van der Waals surface area contributed by atoms with Crippen molar-refractivity contribution in [2.24, 2.45) is 0 Å². The van der Waals surface area contributed by atoms with Crippen molar-refractivity contribution < 1.29 is 9.84 Å². The van der Waals surface area contributed by atoms with Gasteiger partial charge in [-0.05, 0) is 42.5 Å². The van der Waals surface area contributed by atoms with Crippen LogP contribution >= 0.6 is 11.3 Å². The Labute approximate surface area is 137 Å². The van der Waals surface area contributed by atoms with Gasteiger partial charge in [-0.2, -0.15) is 0 Å². The monoisotopic (exact) mass is 330 g/mol. The first-order chi connectivity index (χ1) is 11.0. The molecule has 6 heteroatoms. The zero-order valence-electron chi connectivity index (χ0n) is 13.0. The lowest BCUT2D eigenvalue weighted by Gasteiger charge is -2.15. The van der Waals surface area contributed by atoms with E-state index in [1.165, 1.54) is 22.2 Å². The van der Waals surface area contributed by atoms with Crippen molar-refractivity contribution in [2.45, 2.75) is 26.5 Å². The number of aromatic nitrogens is 2. The van der Waals surface area contributed by atoms with Crippen molar-refractivity contribution in [3.8, 4) is 5.75 Å². The average molecular weight is 330 g/mol. The summed E-state index contributed by atoms with van der Waals surface area (Å²) in [4.78, 5) is 17.2. The summed E-state index contributed by atoms with van der Waals surface area (Å²) >= 11 is 1.43. The minimum atomic E-state index is -0.787. The number of aliphatic hydroxyl groups excluding tert-OH is 1. The molecular weight excluding hydrogens is 312 g/mol. The minimum Gasteiger partial charge on any atom is -0.491 e. The SMILES string of the molecule is Cc1ccc(C)c(OC[C@H](O)Cn2cnc3sccc3c2=O)c1. The number of hydrogen-bond donors (Lipinski definition) is 1. The van der Waals surface area contributed by atoms with E-state index in [1.807, 2.05) is 37.4 Å². The number of benzene rings is 1. The van der Waals surface area contributed by atoms with Gasteiger partial charge >= 0.3 is 0 Å². The zero-order chi connectivity index (χ0) is 16.4. The fourth-order valence-corrected chi connectivity index (χ4v) is 3.08. The highest BCUT2D eigenvalue weighted by molar-refractivity contribution is 7.16. The first kappa shape index (κ1) is 15.7. The van der Waals surface area contributed by atoms with E-state index in [4.69, 9.17) is 4.74 Å². The highest BCUT2D eigenvalue weighted by Gasteiger charge is 2.11. The molecule has 0 aliphatic rings. The van der Waals surface area contributed by atoms with Crippen LogP contribution in [-0.2, 0) is 6.54 Å². The van der Waals surface area contributed by atoms with E-state index in [1.54, 1.807) is 6.07 Å². The van der Waals surface area contributed by atoms with Crippen molar-refractivity contribution in [2.75, 3.05) is 6.61 Å². The van der Waals surface area contributed by atoms with Gasteiger partial charge < -0.3 is 9.84 Å². The van der Waals surface area contributed by atoms with E-state index in [2.05, 4.69) is 4.98 Å². The maximum Gasteiger partial charge on any atom is 0.262 e. The molecule has 3 aromatic rings. The van der Waals surface area contributed by atoms with Crippen LogP contribution in [0, 0.1) is 13.8 Å². The fourth-order valence-electron chi connectivity index (χ4n) is 2.35. The molecule has 0 saturated carbocycles. The molecule has 5 nitrogen and oxygen atoms in total. The molecule has 0 spiro atoms. The van der Waals surface area contributed by atoms with Gasteiger partial charge in [0, 0.05) is 0 Å². The highest BCUT2D eigenvalue weighted by Crippen LogP contribution is 2.19. The molecule has 1 N–H and O–H groups in total. The largest absolute Gasteiger partial charge is 0.491 e. The summed E-state index contributed by atoms with van der Waals surface area (Å²) < 4.78 is 7.10.